The highest BCUT2D eigenvalue weighted by molar-refractivity contribution is 5.77. The first-order valence-electron chi connectivity index (χ1n) is 23.3. The highest BCUT2D eigenvalue weighted by atomic mass is 16.5. The lowest BCUT2D eigenvalue weighted by molar-refractivity contribution is -0.150. The van der Waals surface area contributed by atoms with Crippen LogP contribution in [0.3, 0.4) is 0 Å². The first kappa shape index (κ1) is 54.0. The molecule has 3 unspecified atom stereocenters. The summed E-state index contributed by atoms with van der Waals surface area (Å²) < 4.78 is 5.80. The van der Waals surface area contributed by atoms with Gasteiger partial charge in [0, 0.05) is 12.8 Å². The third-order valence-corrected chi connectivity index (χ3v) is 9.97. The number of ether oxygens (including phenoxy) is 1. The van der Waals surface area contributed by atoms with Crippen molar-refractivity contribution in [3.8, 4) is 0 Å². The van der Waals surface area contributed by atoms with Crippen molar-refractivity contribution in [3.05, 3.63) is 85.1 Å². The lowest BCUT2D eigenvalue weighted by atomic mass is 10.0. The summed E-state index contributed by atoms with van der Waals surface area (Å²) in [5.41, 5.74) is 0. The molecule has 0 aliphatic carbocycles. The van der Waals surface area contributed by atoms with E-state index in [0.717, 1.165) is 64.2 Å². The van der Waals surface area contributed by atoms with Crippen molar-refractivity contribution in [2.75, 3.05) is 6.61 Å². The Morgan fingerprint density at radius 1 is 0.544 bits per heavy atom. The molecule has 0 heterocycles. The molecular weight excluding hydrogens is 707 g/mol. The van der Waals surface area contributed by atoms with E-state index < -0.39 is 18.2 Å². The van der Waals surface area contributed by atoms with Crippen molar-refractivity contribution in [2.24, 2.45) is 0 Å². The molecule has 0 radical (unpaired) electrons. The topological polar surface area (TPSA) is 95.9 Å². The normalized spacial score (nSPS) is 14.1. The van der Waals surface area contributed by atoms with Crippen LogP contribution in [0.15, 0.2) is 85.1 Å². The van der Waals surface area contributed by atoms with Gasteiger partial charge >= 0.3 is 5.97 Å². The van der Waals surface area contributed by atoms with Gasteiger partial charge < -0.3 is 20.3 Å². The van der Waals surface area contributed by atoms with Crippen molar-refractivity contribution in [1.29, 1.82) is 0 Å². The van der Waals surface area contributed by atoms with Gasteiger partial charge in [-0.15, -0.1) is 0 Å². The van der Waals surface area contributed by atoms with E-state index in [-0.39, 0.29) is 31.3 Å². The number of rotatable bonds is 40. The Labute approximate surface area is 351 Å². The lowest BCUT2D eigenvalue weighted by Crippen LogP contribution is -2.46. The molecule has 0 spiro atoms. The summed E-state index contributed by atoms with van der Waals surface area (Å²) in [6.07, 6.45) is 56.7. The van der Waals surface area contributed by atoms with Gasteiger partial charge in [0.1, 0.15) is 6.10 Å². The number of hydrogen-bond donors (Lipinski definition) is 3. The fourth-order valence-electron chi connectivity index (χ4n) is 6.45. The molecule has 1 amide bonds. The van der Waals surface area contributed by atoms with Crippen molar-refractivity contribution >= 4 is 11.9 Å². The SMILES string of the molecule is CC/C=C\C/C=C\C/C=C\C/C=C\C/C=C\CC(CC(=O)NC(CO)C(O)CCCCCCCCCCCC)OC(=O)CC/C=C/C/C=C\CCCCCCCC. The second kappa shape index (κ2) is 44.1. The Morgan fingerprint density at radius 2 is 0.982 bits per heavy atom. The molecule has 0 saturated heterocycles. The quantitative estimate of drug-likeness (QED) is 0.0326. The highest BCUT2D eigenvalue weighted by Crippen LogP contribution is 2.15. The number of allylic oxidation sites excluding steroid dienone is 13. The predicted octanol–water partition coefficient (Wildman–Crippen LogP) is 13.6. The van der Waals surface area contributed by atoms with E-state index in [1.54, 1.807) is 0 Å². The molecule has 0 aromatic rings. The van der Waals surface area contributed by atoms with E-state index >= 15 is 0 Å². The van der Waals surface area contributed by atoms with Crippen LogP contribution in [0.5, 0.6) is 0 Å². The summed E-state index contributed by atoms with van der Waals surface area (Å²) in [5, 5.41) is 23.6. The van der Waals surface area contributed by atoms with Crippen LogP contribution < -0.4 is 5.32 Å². The van der Waals surface area contributed by atoms with E-state index in [2.05, 4.69) is 92.9 Å². The number of unbranched alkanes of at least 4 members (excludes halogenated alkanes) is 15. The average Bonchev–Trinajstić information content (AvgIpc) is 3.20. The number of esters is 1. The third-order valence-electron chi connectivity index (χ3n) is 9.97. The van der Waals surface area contributed by atoms with Crippen molar-refractivity contribution < 1.29 is 24.5 Å². The molecule has 0 saturated carbocycles. The molecule has 0 bridgehead atoms. The van der Waals surface area contributed by atoms with Crippen LogP contribution in [-0.4, -0.2) is 46.9 Å². The summed E-state index contributed by atoms with van der Waals surface area (Å²) in [4.78, 5) is 25.9. The second-order valence-corrected chi connectivity index (χ2v) is 15.4. The molecule has 3 atom stereocenters. The Morgan fingerprint density at radius 3 is 1.49 bits per heavy atom. The zero-order valence-corrected chi connectivity index (χ0v) is 36.9. The maximum absolute atomic E-state index is 13.1. The van der Waals surface area contributed by atoms with Gasteiger partial charge in [-0.3, -0.25) is 9.59 Å². The molecule has 0 aliphatic heterocycles. The second-order valence-electron chi connectivity index (χ2n) is 15.4. The Kier molecular flexibility index (Phi) is 41.9. The Hall–Kier alpha value is -2.96. The van der Waals surface area contributed by atoms with E-state index in [0.29, 0.717) is 19.3 Å². The van der Waals surface area contributed by atoms with Gasteiger partial charge in [0.15, 0.2) is 0 Å². The molecular formula is C51H87NO5. The number of hydrogen-bond acceptors (Lipinski definition) is 5. The number of carbonyl (C=O) groups excluding carboxylic acids is 2. The molecule has 326 valence electrons. The minimum atomic E-state index is -0.822. The van der Waals surface area contributed by atoms with E-state index in [1.165, 1.54) is 83.5 Å². The highest BCUT2D eigenvalue weighted by Gasteiger charge is 2.23. The van der Waals surface area contributed by atoms with Gasteiger partial charge in [-0.1, -0.05) is 202 Å². The van der Waals surface area contributed by atoms with Crippen LogP contribution in [0.4, 0.5) is 0 Å². The molecule has 0 aliphatic rings. The number of amides is 1. The minimum Gasteiger partial charge on any atom is -0.461 e. The maximum Gasteiger partial charge on any atom is 0.306 e. The number of aliphatic hydroxyl groups is 2. The lowest BCUT2D eigenvalue weighted by Gasteiger charge is -2.24. The molecule has 0 aromatic carbocycles. The fourth-order valence-corrected chi connectivity index (χ4v) is 6.45. The largest absolute Gasteiger partial charge is 0.461 e. The smallest absolute Gasteiger partial charge is 0.306 e. The molecule has 0 fully saturated rings. The summed E-state index contributed by atoms with van der Waals surface area (Å²) in [5.74, 6) is -0.669. The van der Waals surface area contributed by atoms with Gasteiger partial charge in [0.25, 0.3) is 0 Å². The fraction of sp³-hybridized carbons (Fsp3) is 0.686. The van der Waals surface area contributed by atoms with Crippen molar-refractivity contribution in [3.63, 3.8) is 0 Å². The zero-order valence-electron chi connectivity index (χ0n) is 36.9. The van der Waals surface area contributed by atoms with Crippen LogP contribution >= 0.6 is 0 Å². The predicted molar refractivity (Wildman–Crippen MR) is 245 cm³/mol. The molecule has 0 aromatic heterocycles. The molecule has 6 nitrogen and oxygen atoms in total. The van der Waals surface area contributed by atoms with Crippen LogP contribution in [0.1, 0.15) is 201 Å². The minimum absolute atomic E-state index is 0.0270. The van der Waals surface area contributed by atoms with Gasteiger partial charge in [-0.2, -0.15) is 0 Å². The Bertz CT molecular complexity index is 1120. The van der Waals surface area contributed by atoms with Crippen LogP contribution in [0, 0.1) is 0 Å². The first-order chi connectivity index (χ1) is 28.0. The van der Waals surface area contributed by atoms with Crippen molar-refractivity contribution in [1.82, 2.24) is 5.32 Å². The Balaban J connectivity index is 4.86. The van der Waals surface area contributed by atoms with E-state index in [4.69, 9.17) is 4.74 Å². The molecule has 6 heteroatoms. The zero-order chi connectivity index (χ0) is 41.7. The van der Waals surface area contributed by atoms with Gasteiger partial charge in [0.05, 0.1) is 25.2 Å². The summed E-state index contributed by atoms with van der Waals surface area (Å²) >= 11 is 0. The third kappa shape index (κ3) is 39.6. The summed E-state index contributed by atoms with van der Waals surface area (Å²) in [6.45, 7) is 6.28. The van der Waals surface area contributed by atoms with Gasteiger partial charge in [-0.05, 0) is 64.2 Å². The van der Waals surface area contributed by atoms with E-state index in [9.17, 15) is 19.8 Å². The molecule has 3 N–H and O–H groups in total. The summed E-state index contributed by atoms with van der Waals surface area (Å²) in [6, 6.07) is -0.744. The van der Waals surface area contributed by atoms with E-state index in [1.807, 2.05) is 18.2 Å². The van der Waals surface area contributed by atoms with Crippen LogP contribution in [-0.2, 0) is 14.3 Å². The number of nitrogens with one attached hydrogen (secondary N) is 1. The van der Waals surface area contributed by atoms with Gasteiger partial charge in [0.2, 0.25) is 5.91 Å². The number of aliphatic hydroxyl groups excluding tert-OH is 2. The van der Waals surface area contributed by atoms with Crippen LogP contribution in [0.25, 0.3) is 0 Å². The average molecular weight is 794 g/mol. The number of carbonyl (C=O) groups is 2. The maximum atomic E-state index is 13.1. The molecule has 0 rings (SSSR count). The van der Waals surface area contributed by atoms with Crippen LogP contribution in [0.2, 0.25) is 0 Å². The first-order valence-corrected chi connectivity index (χ1v) is 23.3. The van der Waals surface area contributed by atoms with Crippen molar-refractivity contribution in [2.45, 2.75) is 219 Å². The summed E-state index contributed by atoms with van der Waals surface area (Å²) in [7, 11) is 0. The monoisotopic (exact) mass is 794 g/mol. The molecule has 57 heavy (non-hydrogen) atoms. The standard InChI is InChI=1S/C51H87NO5/c1-4-7-10-13-16-19-22-24-25-27-28-30-33-36-39-42-47(57-51(56)44-41-38-35-32-29-26-23-20-17-14-11-8-5-2)45-50(55)52-48(46-53)49(54)43-40-37-34-31-21-18-15-12-9-6-3/h7,10,16,19,24-26,28-30,35-36,38-39,47-49,53-54H,4-6,8-9,11-15,17-18,20-23,27,31-34,37,40-46H2,1-3H3,(H,52,55)/b10-7-,19-16-,25-24-,29-26-,30-28-,38-35+,39-36-. The van der Waals surface area contributed by atoms with Gasteiger partial charge in [-0.25, -0.2) is 0 Å².